The molecule has 1 amide bonds. The van der Waals surface area contributed by atoms with Crippen LogP contribution in [0.15, 0.2) is 54.6 Å². The Hall–Kier alpha value is -2.17. The first-order valence-electron chi connectivity index (χ1n) is 7.68. The molecule has 3 nitrogen and oxygen atoms in total. The number of amides is 1. The van der Waals surface area contributed by atoms with E-state index in [4.69, 9.17) is 4.74 Å². The summed E-state index contributed by atoms with van der Waals surface area (Å²) in [5.41, 5.74) is 2.23. The molecule has 0 bridgehead atoms. The lowest BCUT2D eigenvalue weighted by Gasteiger charge is -2.06. The van der Waals surface area contributed by atoms with Crippen LogP contribution in [0, 0.1) is 0 Å². The number of hydrogen-bond acceptors (Lipinski definition) is 3. The number of rotatable bonds is 6. The largest absolute Gasteiger partial charge is 0.377 e. The van der Waals surface area contributed by atoms with Gasteiger partial charge in [-0.2, -0.15) is 0 Å². The fourth-order valence-corrected chi connectivity index (χ4v) is 3.32. The highest BCUT2D eigenvalue weighted by atomic mass is 32.1. The van der Waals surface area contributed by atoms with Gasteiger partial charge < -0.3 is 10.1 Å². The minimum absolute atomic E-state index is 0.0235. The van der Waals surface area contributed by atoms with Crippen molar-refractivity contribution in [2.45, 2.75) is 20.1 Å². The first-order valence-corrected chi connectivity index (χ1v) is 8.50. The number of fused-ring (bicyclic) bond motifs is 1. The summed E-state index contributed by atoms with van der Waals surface area (Å²) in [6.07, 6.45) is 0. The van der Waals surface area contributed by atoms with Gasteiger partial charge in [0.1, 0.15) is 0 Å². The van der Waals surface area contributed by atoms with E-state index in [2.05, 4.69) is 5.32 Å². The Morgan fingerprint density at radius 3 is 2.57 bits per heavy atom. The van der Waals surface area contributed by atoms with E-state index in [1.54, 1.807) is 0 Å². The van der Waals surface area contributed by atoms with Crippen molar-refractivity contribution in [3.8, 4) is 0 Å². The summed E-state index contributed by atoms with van der Waals surface area (Å²) < 4.78 is 6.51. The van der Waals surface area contributed by atoms with Crippen molar-refractivity contribution < 1.29 is 9.53 Å². The minimum Gasteiger partial charge on any atom is -0.377 e. The fourth-order valence-electron chi connectivity index (χ4n) is 2.34. The van der Waals surface area contributed by atoms with Gasteiger partial charge in [-0.15, -0.1) is 11.3 Å². The molecule has 0 atom stereocenters. The lowest BCUT2D eigenvalue weighted by Crippen LogP contribution is -2.21. The van der Waals surface area contributed by atoms with E-state index in [-0.39, 0.29) is 5.91 Å². The van der Waals surface area contributed by atoms with E-state index < -0.39 is 0 Å². The van der Waals surface area contributed by atoms with Crippen LogP contribution >= 0.6 is 11.3 Å². The molecule has 1 N–H and O–H groups in total. The summed E-state index contributed by atoms with van der Waals surface area (Å²) in [5, 5.41) is 4.09. The summed E-state index contributed by atoms with van der Waals surface area (Å²) in [6.45, 7) is 3.86. The molecule has 0 aliphatic rings. The molecule has 0 saturated carbocycles. The summed E-state index contributed by atoms with van der Waals surface area (Å²) in [4.78, 5) is 13.0. The number of hydrogen-bond donors (Lipinski definition) is 1. The van der Waals surface area contributed by atoms with Gasteiger partial charge in [-0.25, -0.2) is 0 Å². The quantitative estimate of drug-likeness (QED) is 0.731. The van der Waals surface area contributed by atoms with Crippen molar-refractivity contribution in [3.05, 3.63) is 70.6 Å². The summed E-state index contributed by atoms with van der Waals surface area (Å²) in [5.74, 6) is -0.0235. The van der Waals surface area contributed by atoms with Crippen LogP contribution in [0.1, 0.15) is 27.7 Å². The van der Waals surface area contributed by atoms with Crippen LogP contribution in [0.25, 0.3) is 10.1 Å². The van der Waals surface area contributed by atoms with Gasteiger partial charge >= 0.3 is 0 Å². The van der Waals surface area contributed by atoms with Crippen LogP contribution in [0.4, 0.5) is 0 Å². The van der Waals surface area contributed by atoms with Crippen molar-refractivity contribution in [1.82, 2.24) is 5.32 Å². The Morgan fingerprint density at radius 1 is 1.09 bits per heavy atom. The minimum atomic E-state index is -0.0235. The smallest absolute Gasteiger partial charge is 0.261 e. The second-order valence-electron chi connectivity index (χ2n) is 5.28. The number of nitrogens with one attached hydrogen (secondary N) is 1. The second-order valence-corrected chi connectivity index (χ2v) is 6.37. The van der Waals surface area contributed by atoms with Crippen LogP contribution in [-0.4, -0.2) is 12.5 Å². The standard InChI is InChI=1S/C19H19NO2S/c1-2-22-13-15-9-7-14(8-10-15)12-20-19(21)18-11-16-5-3-4-6-17(16)23-18/h3-11H,2,12-13H2,1H3,(H,20,21). The highest BCUT2D eigenvalue weighted by molar-refractivity contribution is 7.20. The Bertz CT molecular complexity index is 759. The molecule has 0 spiro atoms. The molecule has 118 valence electrons. The molecule has 23 heavy (non-hydrogen) atoms. The van der Waals surface area contributed by atoms with Gasteiger partial charge in [0.05, 0.1) is 11.5 Å². The molecule has 4 heteroatoms. The van der Waals surface area contributed by atoms with Crippen LogP contribution < -0.4 is 5.32 Å². The maximum Gasteiger partial charge on any atom is 0.261 e. The Balaban J connectivity index is 1.60. The average Bonchev–Trinajstić information content (AvgIpc) is 3.03. The van der Waals surface area contributed by atoms with Crippen molar-refractivity contribution >= 4 is 27.3 Å². The van der Waals surface area contributed by atoms with E-state index in [9.17, 15) is 4.79 Å². The molecule has 3 aromatic rings. The Labute approximate surface area is 139 Å². The zero-order valence-corrected chi connectivity index (χ0v) is 13.9. The summed E-state index contributed by atoms with van der Waals surface area (Å²) in [6, 6.07) is 18.1. The molecule has 3 rings (SSSR count). The maximum atomic E-state index is 12.3. The molecule has 0 unspecified atom stereocenters. The third-order valence-electron chi connectivity index (χ3n) is 3.60. The van der Waals surface area contributed by atoms with Crippen LogP contribution in [0.5, 0.6) is 0 Å². The Kier molecular flexibility index (Phi) is 5.05. The molecular formula is C19H19NO2S. The monoisotopic (exact) mass is 325 g/mol. The van der Waals surface area contributed by atoms with E-state index >= 15 is 0 Å². The third-order valence-corrected chi connectivity index (χ3v) is 4.71. The highest BCUT2D eigenvalue weighted by Crippen LogP contribution is 2.25. The van der Waals surface area contributed by atoms with Crippen LogP contribution in [0.2, 0.25) is 0 Å². The van der Waals surface area contributed by atoms with Gasteiger partial charge in [0.2, 0.25) is 0 Å². The van der Waals surface area contributed by atoms with Gasteiger partial charge in [0.15, 0.2) is 0 Å². The van der Waals surface area contributed by atoms with Gasteiger partial charge in [-0.1, -0.05) is 42.5 Å². The van der Waals surface area contributed by atoms with Gasteiger partial charge in [0, 0.05) is 17.9 Å². The van der Waals surface area contributed by atoms with Crippen molar-refractivity contribution in [3.63, 3.8) is 0 Å². The van der Waals surface area contributed by atoms with E-state index in [1.165, 1.54) is 11.3 Å². The molecule has 0 saturated heterocycles. The average molecular weight is 325 g/mol. The topological polar surface area (TPSA) is 38.3 Å². The van der Waals surface area contributed by atoms with Gasteiger partial charge in [0.25, 0.3) is 5.91 Å². The normalized spacial score (nSPS) is 10.8. The van der Waals surface area contributed by atoms with Crippen LogP contribution in [0.3, 0.4) is 0 Å². The zero-order chi connectivity index (χ0) is 16.1. The van der Waals surface area contributed by atoms with Gasteiger partial charge in [-0.3, -0.25) is 4.79 Å². The number of thiophene rings is 1. The number of carbonyl (C=O) groups excluding carboxylic acids is 1. The lowest BCUT2D eigenvalue weighted by molar-refractivity contribution is 0.0955. The molecule has 1 heterocycles. The second kappa shape index (κ2) is 7.40. The maximum absolute atomic E-state index is 12.3. The molecule has 0 fully saturated rings. The van der Waals surface area contributed by atoms with Crippen molar-refractivity contribution in [2.24, 2.45) is 0 Å². The summed E-state index contributed by atoms with van der Waals surface area (Å²) >= 11 is 1.52. The molecular weight excluding hydrogens is 306 g/mol. The lowest BCUT2D eigenvalue weighted by atomic mass is 10.1. The number of benzene rings is 2. The molecule has 0 radical (unpaired) electrons. The highest BCUT2D eigenvalue weighted by Gasteiger charge is 2.09. The first kappa shape index (κ1) is 15.7. The summed E-state index contributed by atoms with van der Waals surface area (Å²) in [7, 11) is 0. The predicted molar refractivity (Wildman–Crippen MR) is 94.8 cm³/mol. The number of carbonyl (C=O) groups is 1. The van der Waals surface area contributed by atoms with E-state index in [1.807, 2.05) is 61.5 Å². The first-order chi connectivity index (χ1) is 11.3. The molecule has 0 aliphatic heterocycles. The predicted octanol–water partition coefficient (Wildman–Crippen LogP) is 4.37. The number of ether oxygens (including phenoxy) is 1. The van der Waals surface area contributed by atoms with E-state index in [0.29, 0.717) is 19.8 Å². The van der Waals surface area contributed by atoms with Crippen molar-refractivity contribution in [1.29, 1.82) is 0 Å². The zero-order valence-electron chi connectivity index (χ0n) is 13.0. The fraction of sp³-hybridized carbons (Fsp3) is 0.211. The van der Waals surface area contributed by atoms with Crippen LogP contribution in [-0.2, 0) is 17.9 Å². The van der Waals surface area contributed by atoms with Gasteiger partial charge in [-0.05, 0) is 35.6 Å². The van der Waals surface area contributed by atoms with E-state index in [0.717, 1.165) is 26.1 Å². The molecule has 0 aliphatic carbocycles. The molecule has 1 aromatic heterocycles. The third kappa shape index (κ3) is 3.97. The SMILES string of the molecule is CCOCc1ccc(CNC(=O)c2cc3ccccc3s2)cc1. The Morgan fingerprint density at radius 2 is 1.83 bits per heavy atom. The molecule has 2 aromatic carbocycles. The van der Waals surface area contributed by atoms with Crippen molar-refractivity contribution in [2.75, 3.05) is 6.61 Å².